The first-order valence-corrected chi connectivity index (χ1v) is 6.43. The van der Waals surface area contributed by atoms with Gasteiger partial charge in [0, 0.05) is 20.2 Å². The Morgan fingerprint density at radius 1 is 1.44 bits per heavy atom. The normalized spacial score (nSPS) is 27.0. The molecule has 0 saturated carbocycles. The maximum atomic E-state index is 12.4. The first-order valence-electron chi connectivity index (χ1n) is 6.43. The number of carboxylic acids is 1. The smallest absolute Gasteiger partial charge is 0.311 e. The zero-order chi connectivity index (χ0) is 14.0. The summed E-state index contributed by atoms with van der Waals surface area (Å²) >= 11 is 0. The Hall–Kier alpha value is -1.10. The van der Waals surface area contributed by atoms with Crippen LogP contribution in [0.4, 0.5) is 0 Å². The van der Waals surface area contributed by atoms with Gasteiger partial charge in [-0.3, -0.25) is 9.59 Å². The van der Waals surface area contributed by atoms with E-state index in [1.165, 1.54) is 7.11 Å². The highest BCUT2D eigenvalue weighted by atomic mass is 16.5. The molecule has 5 nitrogen and oxygen atoms in total. The molecule has 0 bridgehead atoms. The van der Waals surface area contributed by atoms with E-state index in [2.05, 4.69) is 0 Å². The van der Waals surface area contributed by atoms with E-state index >= 15 is 0 Å². The standard InChI is InChI=1S/C13H23NO4/c1-5-12(3,18-4)10(15)14-8-7-13(6-2,9-14)11(16)17/h5-9H2,1-4H3,(H,16,17). The average molecular weight is 257 g/mol. The van der Waals surface area contributed by atoms with Crippen molar-refractivity contribution in [2.45, 2.75) is 45.6 Å². The number of methoxy groups -OCH3 is 1. The average Bonchev–Trinajstić information content (AvgIpc) is 2.82. The van der Waals surface area contributed by atoms with Crippen LogP contribution in [-0.2, 0) is 14.3 Å². The SMILES string of the molecule is CCC1(C(=O)O)CCN(C(=O)C(C)(CC)OC)C1. The zero-order valence-electron chi connectivity index (χ0n) is 11.7. The van der Waals surface area contributed by atoms with Crippen LogP contribution < -0.4 is 0 Å². The molecule has 0 aliphatic carbocycles. The predicted molar refractivity (Wildman–Crippen MR) is 67.3 cm³/mol. The fourth-order valence-corrected chi connectivity index (χ4v) is 2.38. The van der Waals surface area contributed by atoms with Crippen molar-refractivity contribution in [2.24, 2.45) is 5.41 Å². The van der Waals surface area contributed by atoms with Crippen molar-refractivity contribution in [3.05, 3.63) is 0 Å². The Bertz CT molecular complexity index is 338. The van der Waals surface area contributed by atoms with E-state index < -0.39 is 17.0 Å². The molecule has 0 aromatic rings. The molecule has 104 valence electrons. The number of amides is 1. The molecular weight excluding hydrogens is 234 g/mol. The molecule has 2 unspecified atom stereocenters. The van der Waals surface area contributed by atoms with Crippen molar-refractivity contribution < 1.29 is 19.4 Å². The largest absolute Gasteiger partial charge is 0.481 e. The van der Waals surface area contributed by atoms with Crippen molar-refractivity contribution in [3.8, 4) is 0 Å². The predicted octanol–water partition coefficient (Wildman–Crippen LogP) is 1.51. The third-order valence-corrected chi connectivity index (χ3v) is 4.35. The van der Waals surface area contributed by atoms with Gasteiger partial charge >= 0.3 is 5.97 Å². The number of carbonyl (C=O) groups excluding carboxylic acids is 1. The number of aliphatic carboxylic acids is 1. The molecule has 2 atom stereocenters. The lowest BCUT2D eigenvalue weighted by molar-refractivity contribution is -0.154. The summed E-state index contributed by atoms with van der Waals surface area (Å²) < 4.78 is 5.28. The van der Waals surface area contributed by atoms with Gasteiger partial charge in [-0.2, -0.15) is 0 Å². The molecule has 1 rings (SSSR count). The maximum absolute atomic E-state index is 12.4. The lowest BCUT2D eigenvalue weighted by Gasteiger charge is -2.31. The van der Waals surface area contributed by atoms with E-state index in [4.69, 9.17) is 4.74 Å². The minimum Gasteiger partial charge on any atom is -0.481 e. The van der Waals surface area contributed by atoms with E-state index in [0.717, 1.165) is 0 Å². The molecule has 1 aliphatic heterocycles. The lowest BCUT2D eigenvalue weighted by atomic mass is 9.84. The van der Waals surface area contributed by atoms with Crippen LogP contribution >= 0.6 is 0 Å². The monoisotopic (exact) mass is 257 g/mol. The van der Waals surface area contributed by atoms with E-state index in [9.17, 15) is 14.7 Å². The summed E-state index contributed by atoms with van der Waals surface area (Å²) in [6.45, 7) is 6.29. The van der Waals surface area contributed by atoms with Crippen molar-refractivity contribution in [1.82, 2.24) is 4.90 Å². The second-order valence-electron chi connectivity index (χ2n) is 5.20. The second-order valence-corrected chi connectivity index (χ2v) is 5.20. The molecule has 1 fully saturated rings. The minimum atomic E-state index is -0.845. The van der Waals surface area contributed by atoms with Gasteiger partial charge < -0.3 is 14.7 Å². The number of carbonyl (C=O) groups is 2. The van der Waals surface area contributed by atoms with Crippen molar-refractivity contribution >= 4 is 11.9 Å². The summed E-state index contributed by atoms with van der Waals surface area (Å²) in [5.41, 5.74) is -1.62. The molecular formula is C13H23NO4. The number of hydrogen-bond donors (Lipinski definition) is 1. The van der Waals surface area contributed by atoms with Gasteiger partial charge in [0.15, 0.2) is 0 Å². The van der Waals surface area contributed by atoms with E-state index in [-0.39, 0.29) is 12.5 Å². The van der Waals surface area contributed by atoms with Crippen LogP contribution in [0.1, 0.15) is 40.0 Å². The fourth-order valence-electron chi connectivity index (χ4n) is 2.38. The molecule has 0 aromatic carbocycles. The molecule has 1 amide bonds. The molecule has 0 spiro atoms. The van der Waals surface area contributed by atoms with Crippen LogP contribution in [0.5, 0.6) is 0 Å². The van der Waals surface area contributed by atoms with Crippen LogP contribution in [0.2, 0.25) is 0 Å². The summed E-state index contributed by atoms with van der Waals surface area (Å²) in [4.78, 5) is 25.3. The summed E-state index contributed by atoms with van der Waals surface area (Å²) in [6.07, 6.45) is 1.64. The highest BCUT2D eigenvalue weighted by Gasteiger charge is 2.47. The molecule has 0 aromatic heterocycles. The van der Waals surface area contributed by atoms with Crippen molar-refractivity contribution in [2.75, 3.05) is 20.2 Å². The Balaban J connectivity index is 2.84. The number of hydrogen-bond acceptors (Lipinski definition) is 3. The van der Waals surface area contributed by atoms with Gasteiger partial charge in [0.1, 0.15) is 5.60 Å². The van der Waals surface area contributed by atoms with Gasteiger partial charge in [0.05, 0.1) is 5.41 Å². The van der Waals surface area contributed by atoms with Gasteiger partial charge in [-0.05, 0) is 26.2 Å². The number of rotatable bonds is 5. The summed E-state index contributed by atoms with van der Waals surface area (Å²) in [5.74, 6) is -0.917. The Morgan fingerprint density at radius 2 is 2.06 bits per heavy atom. The molecule has 18 heavy (non-hydrogen) atoms. The van der Waals surface area contributed by atoms with E-state index in [1.54, 1.807) is 11.8 Å². The first kappa shape index (κ1) is 15.0. The quantitative estimate of drug-likeness (QED) is 0.810. The minimum absolute atomic E-state index is 0.107. The topological polar surface area (TPSA) is 66.8 Å². The molecule has 1 saturated heterocycles. The van der Waals surface area contributed by atoms with Gasteiger partial charge in [-0.15, -0.1) is 0 Å². The van der Waals surface area contributed by atoms with Crippen molar-refractivity contribution in [1.29, 1.82) is 0 Å². The Morgan fingerprint density at radius 3 is 2.39 bits per heavy atom. The van der Waals surface area contributed by atoms with Gasteiger partial charge in [0.25, 0.3) is 5.91 Å². The molecule has 1 aliphatic rings. The highest BCUT2D eigenvalue weighted by molar-refractivity contribution is 5.86. The van der Waals surface area contributed by atoms with Crippen LogP contribution in [0.15, 0.2) is 0 Å². The van der Waals surface area contributed by atoms with Crippen LogP contribution in [-0.4, -0.2) is 47.7 Å². The van der Waals surface area contributed by atoms with Gasteiger partial charge in [-0.25, -0.2) is 0 Å². The Labute approximate surface area is 108 Å². The number of nitrogens with zero attached hydrogens (tertiary/aromatic N) is 1. The molecule has 0 radical (unpaired) electrons. The molecule has 1 heterocycles. The first-order chi connectivity index (χ1) is 8.35. The summed E-state index contributed by atoms with van der Waals surface area (Å²) in [7, 11) is 1.52. The van der Waals surface area contributed by atoms with Crippen LogP contribution in [0.3, 0.4) is 0 Å². The maximum Gasteiger partial charge on any atom is 0.311 e. The van der Waals surface area contributed by atoms with Gasteiger partial charge in [0.2, 0.25) is 0 Å². The summed E-state index contributed by atoms with van der Waals surface area (Å²) in [6, 6.07) is 0. The van der Waals surface area contributed by atoms with E-state index in [0.29, 0.717) is 25.8 Å². The number of carboxylic acid groups (broad SMARTS) is 1. The molecule has 5 heteroatoms. The lowest BCUT2D eigenvalue weighted by Crippen LogP contribution is -2.48. The van der Waals surface area contributed by atoms with Crippen LogP contribution in [0, 0.1) is 5.41 Å². The van der Waals surface area contributed by atoms with E-state index in [1.807, 2.05) is 13.8 Å². The third kappa shape index (κ3) is 2.36. The summed E-state index contributed by atoms with van der Waals surface area (Å²) in [5, 5.41) is 9.31. The number of ether oxygens (including phenoxy) is 1. The Kier molecular flexibility index (Phi) is 4.37. The second kappa shape index (κ2) is 5.26. The fraction of sp³-hybridized carbons (Fsp3) is 0.846. The molecule has 1 N–H and O–H groups in total. The zero-order valence-corrected chi connectivity index (χ0v) is 11.7. The highest BCUT2D eigenvalue weighted by Crippen LogP contribution is 2.35. The van der Waals surface area contributed by atoms with Crippen molar-refractivity contribution in [3.63, 3.8) is 0 Å². The third-order valence-electron chi connectivity index (χ3n) is 4.35. The number of likely N-dealkylation sites (tertiary alicyclic amines) is 1. The van der Waals surface area contributed by atoms with Gasteiger partial charge in [-0.1, -0.05) is 13.8 Å². The van der Waals surface area contributed by atoms with Crippen LogP contribution in [0.25, 0.3) is 0 Å².